The van der Waals surface area contributed by atoms with Crippen LogP contribution in [0.4, 0.5) is 21.0 Å². The number of benzene rings is 2. The van der Waals surface area contributed by atoms with Gasteiger partial charge in [-0.05, 0) is 62.4 Å². The van der Waals surface area contributed by atoms with Crippen LogP contribution in [0.25, 0.3) is 0 Å². The number of ether oxygens (including phenoxy) is 2. The van der Waals surface area contributed by atoms with Gasteiger partial charge in [-0.2, -0.15) is 0 Å². The number of anilines is 2. The standard InChI is InChI=1S/C23H25N5O6/c1-14(2)20(29)26-16-5-9-18(10-6-16)33-22(31)24-13-25-28-23(32)34-19-11-7-17(8-12-19)27-21(30)15(3)4/h5-12,25H,1,3,13H2,2,4H3,(H,24,31)(H,26,29)(H,27,30)(H,28,32). The molecule has 2 aromatic carbocycles. The topological polar surface area (TPSA) is 147 Å². The highest BCUT2D eigenvalue weighted by Gasteiger charge is 2.08. The van der Waals surface area contributed by atoms with Gasteiger partial charge in [0.05, 0.1) is 6.67 Å². The van der Waals surface area contributed by atoms with Crippen LogP contribution in [0.1, 0.15) is 13.8 Å². The lowest BCUT2D eigenvalue weighted by atomic mass is 10.2. The predicted molar refractivity (Wildman–Crippen MR) is 126 cm³/mol. The van der Waals surface area contributed by atoms with Gasteiger partial charge in [0.2, 0.25) is 0 Å². The van der Waals surface area contributed by atoms with Crippen LogP contribution in [-0.2, 0) is 9.59 Å². The summed E-state index contributed by atoms with van der Waals surface area (Å²) in [7, 11) is 0. The Bertz CT molecular complexity index is 993. The Labute approximate surface area is 196 Å². The molecule has 2 aromatic rings. The highest BCUT2D eigenvalue weighted by molar-refractivity contribution is 6.03. The van der Waals surface area contributed by atoms with Crippen LogP contribution in [0.3, 0.4) is 0 Å². The maximum atomic E-state index is 11.8. The van der Waals surface area contributed by atoms with Crippen molar-refractivity contribution in [3.05, 3.63) is 72.8 Å². The lowest BCUT2D eigenvalue weighted by Gasteiger charge is -2.10. The minimum atomic E-state index is -0.818. The number of hydrogen-bond acceptors (Lipinski definition) is 7. The zero-order valence-corrected chi connectivity index (χ0v) is 18.7. The molecule has 4 amide bonds. The number of hydrazine groups is 1. The second-order valence-electron chi connectivity index (χ2n) is 6.95. The second-order valence-corrected chi connectivity index (χ2v) is 6.95. The van der Waals surface area contributed by atoms with E-state index in [0.29, 0.717) is 22.5 Å². The molecule has 178 valence electrons. The van der Waals surface area contributed by atoms with E-state index >= 15 is 0 Å². The Kier molecular flexibility index (Phi) is 9.35. The summed E-state index contributed by atoms with van der Waals surface area (Å²) in [5, 5.41) is 7.63. The summed E-state index contributed by atoms with van der Waals surface area (Å²) in [4.78, 5) is 46.8. The summed E-state index contributed by atoms with van der Waals surface area (Å²) in [6.45, 7) is 10.1. The monoisotopic (exact) mass is 467 g/mol. The molecule has 0 spiro atoms. The molecule has 0 heterocycles. The highest BCUT2D eigenvalue weighted by Crippen LogP contribution is 2.17. The van der Waals surface area contributed by atoms with Crippen molar-refractivity contribution in [3.63, 3.8) is 0 Å². The first-order valence-corrected chi connectivity index (χ1v) is 9.94. The van der Waals surface area contributed by atoms with Gasteiger partial charge in [-0.25, -0.2) is 15.0 Å². The average molecular weight is 467 g/mol. The molecule has 11 heteroatoms. The number of hydrogen-bond donors (Lipinski definition) is 5. The van der Waals surface area contributed by atoms with Gasteiger partial charge < -0.3 is 25.4 Å². The van der Waals surface area contributed by atoms with Gasteiger partial charge in [0.15, 0.2) is 0 Å². The number of nitrogens with one attached hydrogen (secondary N) is 5. The van der Waals surface area contributed by atoms with Crippen LogP contribution in [-0.4, -0.2) is 30.7 Å². The van der Waals surface area contributed by atoms with Crippen molar-refractivity contribution in [1.82, 2.24) is 16.2 Å². The van der Waals surface area contributed by atoms with Crippen LogP contribution in [0, 0.1) is 0 Å². The van der Waals surface area contributed by atoms with Gasteiger partial charge in [-0.3, -0.25) is 15.0 Å². The van der Waals surface area contributed by atoms with Gasteiger partial charge in [-0.15, -0.1) is 0 Å². The Hall–Kier alpha value is -4.64. The summed E-state index contributed by atoms with van der Waals surface area (Å²) in [6, 6.07) is 12.3. The van der Waals surface area contributed by atoms with E-state index in [4.69, 9.17) is 9.47 Å². The SMILES string of the molecule is C=C(C)C(=O)Nc1ccc(OC(=O)NCNNC(=O)Oc2ccc(NC(=O)C(=C)C)cc2)cc1. The minimum Gasteiger partial charge on any atom is -0.410 e. The first-order chi connectivity index (χ1) is 16.1. The fraction of sp³-hybridized carbons (Fsp3) is 0.130. The van der Waals surface area contributed by atoms with Crippen molar-refractivity contribution in [2.24, 2.45) is 0 Å². The van der Waals surface area contributed by atoms with Gasteiger partial charge in [0, 0.05) is 22.5 Å². The molecule has 34 heavy (non-hydrogen) atoms. The normalized spacial score (nSPS) is 9.82. The van der Waals surface area contributed by atoms with E-state index in [1.807, 2.05) is 0 Å². The number of amides is 4. The molecule has 0 aromatic heterocycles. The van der Waals surface area contributed by atoms with E-state index in [1.165, 1.54) is 24.3 Å². The van der Waals surface area contributed by atoms with Crippen LogP contribution in [0.2, 0.25) is 0 Å². The fourth-order valence-corrected chi connectivity index (χ4v) is 2.20. The number of carbonyl (C=O) groups excluding carboxylic acids is 4. The molecular formula is C23H25N5O6. The van der Waals surface area contributed by atoms with E-state index in [0.717, 1.165) is 0 Å². The quantitative estimate of drug-likeness (QED) is 0.165. The maximum absolute atomic E-state index is 11.8. The maximum Gasteiger partial charge on any atom is 0.427 e. The van der Waals surface area contributed by atoms with Gasteiger partial charge >= 0.3 is 12.2 Å². The second kappa shape index (κ2) is 12.4. The molecule has 0 saturated carbocycles. The van der Waals surface area contributed by atoms with Crippen molar-refractivity contribution in [2.45, 2.75) is 13.8 Å². The first kappa shape index (κ1) is 25.6. The Morgan fingerprint density at radius 2 is 1.12 bits per heavy atom. The molecule has 0 atom stereocenters. The van der Waals surface area contributed by atoms with Crippen LogP contribution in [0.5, 0.6) is 11.5 Å². The third-order valence-electron chi connectivity index (χ3n) is 3.93. The van der Waals surface area contributed by atoms with E-state index < -0.39 is 12.2 Å². The van der Waals surface area contributed by atoms with Crippen LogP contribution < -0.4 is 36.3 Å². The van der Waals surface area contributed by atoms with Gasteiger partial charge in [0.25, 0.3) is 11.8 Å². The third kappa shape index (κ3) is 8.85. The summed E-state index contributed by atoms with van der Waals surface area (Å²) in [5.74, 6) is -0.137. The molecule has 0 aliphatic heterocycles. The Morgan fingerprint density at radius 1 is 0.706 bits per heavy atom. The molecule has 5 N–H and O–H groups in total. The van der Waals surface area contributed by atoms with Crippen molar-refractivity contribution < 1.29 is 28.7 Å². The average Bonchev–Trinajstić information content (AvgIpc) is 2.79. The molecular weight excluding hydrogens is 442 g/mol. The van der Waals surface area contributed by atoms with E-state index in [-0.39, 0.29) is 30.0 Å². The summed E-state index contributed by atoms with van der Waals surface area (Å²) in [6.07, 6.45) is -1.59. The van der Waals surface area contributed by atoms with E-state index in [1.54, 1.807) is 38.1 Å². The molecule has 0 bridgehead atoms. The van der Waals surface area contributed by atoms with Crippen molar-refractivity contribution in [1.29, 1.82) is 0 Å². The zero-order chi connectivity index (χ0) is 25.1. The minimum absolute atomic E-state index is 0.146. The molecule has 2 rings (SSSR count). The molecule has 11 nitrogen and oxygen atoms in total. The molecule has 0 unspecified atom stereocenters. The van der Waals surface area contributed by atoms with E-state index in [9.17, 15) is 19.2 Å². The largest absolute Gasteiger partial charge is 0.427 e. The Morgan fingerprint density at radius 3 is 1.53 bits per heavy atom. The van der Waals surface area contributed by atoms with E-state index in [2.05, 4.69) is 40.0 Å². The van der Waals surface area contributed by atoms with Gasteiger partial charge in [-0.1, -0.05) is 13.2 Å². The van der Waals surface area contributed by atoms with Gasteiger partial charge in [0.1, 0.15) is 11.5 Å². The Balaban J connectivity index is 1.67. The smallest absolute Gasteiger partial charge is 0.410 e. The van der Waals surface area contributed by atoms with Crippen molar-refractivity contribution in [3.8, 4) is 11.5 Å². The number of carbonyl (C=O) groups is 4. The molecule has 0 radical (unpaired) electrons. The molecule has 0 fully saturated rings. The molecule has 0 aliphatic rings. The van der Waals surface area contributed by atoms with Crippen LogP contribution in [0.15, 0.2) is 72.8 Å². The fourth-order valence-electron chi connectivity index (χ4n) is 2.20. The van der Waals surface area contributed by atoms with Crippen molar-refractivity contribution >= 4 is 35.4 Å². The third-order valence-corrected chi connectivity index (χ3v) is 3.93. The summed E-state index contributed by atoms with van der Waals surface area (Å²) in [5.41, 5.74) is 6.47. The highest BCUT2D eigenvalue weighted by atomic mass is 16.6. The lowest BCUT2D eigenvalue weighted by molar-refractivity contribution is -0.113. The lowest BCUT2D eigenvalue weighted by Crippen LogP contribution is -2.46. The molecule has 0 saturated heterocycles. The molecule has 0 aliphatic carbocycles. The first-order valence-electron chi connectivity index (χ1n) is 9.94. The van der Waals surface area contributed by atoms with Crippen LogP contribution >= 0.6 is 0 Å². The predicted octanol–water partition coefficient (Wildman–Crippen LogP) is 3.05. The zero-order valence-electron chi connectivity index (χ0n) is 18.7. The number of rotatable bonds is 9. The summed E-state index contributed by atoms with van der Waals surface area (Å²) < 4.78 is 10.1. The van der Waals surface area contributed by atoms with Crippen molar-refractivity contribution in [2.75, 3.05) is 17.3 Å². The summed E-state index contributed by atoms with van der Waals surface area (Å²) >= 11 is 0.